The van der Waals surface area contributed by atoms with Gasteiger partial charge in [0, 0.05) is 6.54 Å². The largest absolute Gasteiger partial charge is 0.480 e. The first kappa shape index (κ1) is 13.7. The zero-order valence-electron chi connectivity index (χ0n) is 11.8. The second-order valence-electron chi connectivity index (χ2n) is 5.56. The topological polar surface area (TPSA) is 78.9 Å². The summed E-state index contributed by atoms with van der Waals surface area (Å²) in [6.45, 7) is 2.69. The molecular weight excluding hydrogens is 272 g/mol. The molecule has 6 nitrogen and oxygen atoms in total. The van der Waals surface area contributed by atoms with Crippen molar-refractivity contribution in [2.75, 3.05) is 18.4 Å². The molecule has 1 aromatic rings. The highest BCUT2D eigenvalue weighted by Gasteiger charge is 2.42. The van der Waals surface area contributed by atoms with Crippen LogP contribution in [0.3, 0.4) is 0 Å². The van der Waals surface area contributed by atoms with Gasteiger partial charge in [-0.25, -0.2) is 4.79 Å². The zero-order chi connectivity index (χ0) is 15.0. The van der Waals surface area contributed by atoms with Crippen LogP contribution in [0.1, 0.15) is 13.3 Å². The van der Waals surface area contributed by atoms with Gasteiger partial charge in [0.15, 0.2) is 6.10 Å². The summed E-state index contributed by atoms with van der Waals surface area (Å²) in [6.07, 6.45) is 0.0338. The Labute approximate surface area is 122 Å². The third-order valence-electron chi connectivity index (χ3n) is 4.15. The van der Waals surface area contributed by atoms with Crippen molar-refractivity contribution in [2.45, 2.75) is 25.5 Å². The molecule has 6 heteroatoms. The SMILES string of the molecule is CC1CCN(C(=O)C2CNc3ccccc3O2)C1C(=O)O. The second-order valence-corrected chi connectivity index (χ2v) is 5.56. The van der Waals surface area contributed by atoms with Gasteiger partial charge in [-0.2, -0.15) is 0 Å². The van der Waals surface area contributed by atoms with Crippen molar-refractivity contribution in [1.82, 2.24) is 4.90 Å². The summed E-state index contributed by atoms with van der Waals surface area (Å²) < 4.78 is 5.72. The number of hydrogen-bond donors (Lipinski definition) is 2. The third kappa shape index (κ3) is 2.41. The van der Waals surface area contributed by atoms with E-state index in [1.807, 2.05) is 25.1 Å². The van der Waals surface area contributed by atoms with E-state index >= 15 is 0 Å². The lowest BCUT2D eigenvalue weighted by molar-refractivity contribution is -0.152. The Hall–Kier alpha value is -2.24. The Balaban J connectivity index is 1.76. The van der Waals surface area contributed by atoms with Crippen molar-refractivity contribution < 1.29 is 19.4 Å². The van der Waals surface area contributed by atoms with E-state index in [2.05, 4.69) is 5.32 Å². The number of fused-ring (bicyclic) bond motifs is 1. The predicted molar refractivity (Wildman–Crippen MR) is 76.3 cm³/mol. The average molecular weight is 290 g/mol. The maximum Gasteiger partial charge on any atom is 0.326 e. The summed E-state index contributed by atoms with van der Waals surface area (Å²) in [4.78, 5) is 25.4. The van der Waals surface area contributed by atoms with Crippen LogP contribution in [0, 0.1) is 5.92 Å². The molecule has 0 aliphatic carbocycles. The molecule has 0 bridgehead atoms. The van der Waals surface area contributed by atoms with Gasteiger partial charge in [-0.05, 0) is 24.5 Å². The molecule has 1 saturated heterocycles. The van der Waals surface area contributed by atoms with E-state index in [1.165, 1.54) is 4.90 Å². The van der Waals surface area contributed by atoms with Gasteiger partial charge in [0.2, 0.25) is 0 Å². The van der Waals surface area contributed by atoms with Crippen LogP contribution < -0.4 is 10.1 Å². The second kappa shape index (κ2) is 5.27. The number of nitrogens with one attached hydrogen (secondary N) is 1. The first-order valence-electron chi connectivity index (χ1n) is 7.11. The van der Waals surface area contributed by atoms with Crippen LogP contribution >= 0.6 is 0 Å². The summed E-state index contributed by atoms with van der Waals surface area (Å²) >= 11 is 0. The number of hydrogen-bond acceptors (Lipinski definition) is 4. The van der Waals surface area contributed by atoms with Crippen LogP contribution in [0.4, 0.5) is 5.69 Å². The maximum atomic E-state index is 12.6. The van der Waals surface area contributed by atoms with Gasteiger partial charge in [-0.3, -0.25) is 4.79 Å². The molecule has 1 aromatic carbocycles. The highest BCUT2D eigenvalue weighted by atomic mass is 16.5. The zero-order valence-corrected chi connectivity index (χ0v) is 11.8. The highest BCUT2D eigenvalue weighted by molar-refractivity contribution is 5.88. The van der Waals surface area contributed by atoms with Gasteiger partial charge in [0.05, 0.1) is 12.2 Å². The maximum absolute atomic E-state index is 12.6. The Bertz CT molecular complexity index is 575. The van der Waals surface area contributed by atoms with E-state index in [0.29, 0.717) is 25.3 Å². The number of carbonyl (C=O) groups is 2. The third-order valence-corrected chi connectivity index (χ3v) is 4.15. The number of benzene rings is 1. The molecule has 1 amide bonds. The monoisotopic (exact) mass is 290 g/mol. The summed E-state index contributed by atoms with van der Waals surface area (Å²) in [5, 5.41) is 12.5. The smallest absolute Gasteiger partial charge is 0.326 e. The lowest BCUT2D eigenvalue weighted by Gasteiger charge is -2.31. The van der Waals surface area contributed by atoms with E-state index in [-0.39, 0.29) is 11.8 Å². The van der Waals surface area contributed by atoms with E-state index in [0.717, 1.165) is 5.69 Å². The molecule has 112 valence electrons. The van der Waals surface area contributed by atoms with E-state index in [1.54, 1.807) is 6.07 Å². The number of anilines is 1. The Kier molecular flexibility index (Phi) is 3.45. The van der Waals surface area contributed by atoms with Crippen molar-refractivity contribution in [1.29, 1.82) is 0 Å². The number of rotatable bonds is 2. The van der Waals surface area contributed by atoms with Gasteiger partial charge in [0.1, 0.15) is 11.8 Å². The molecule has 21 heavy (non-hydrogen) atoms. The lowest BCUT2D eigenvalue weighted by atomic mass is 10.0. The van der Waals surface area contributed by atoms with Crippen LogP contribution in [0.2, 0.25) is 0 Å². The van der Waals surface area contributed by atoms with Crippen LogP contribution in [-0.4, -0.2) is 47.1 Å². The molecule has 3 atom stereocenters. The van der Waals surface area contributed by atoms with Crippen molar-refractivity contribution in [3.8, 4) is 5.75 Å². The number of aliphatic carboxylic acids is 1. The van der Waals surface area contributed by atoms with Crippen LogP contribution in [0.5, 0.6) is 5.75 Å². The lowest BCUT2D eigenvalue weighted by Crippen LogP contribution is -2.51. The average Bonchev–Trinajstić information content (AvgIpc) is 2.88. The van der Waals surface area contributed by atoms with Crippen LogP contribution in [0.15, 0.2) is 24.3 Å². The van der Waals surface area contributed by atoms with Crippen molar-refractivity contribution in [3.63, 3.8) is 0 Å². The molecule has 2 N–H and O–H groups in total. The molecule has 2 aliphatic rings. The van der Waals surface area contributed by atoms with Gasteiger partial charge in [-0.1, -0.05) is 19.1 Å². The molecule has 3 unspecified atom stereocenters. The first-order valence-corrected chi connectivity index (χ1v) is 7.11. The van der Waals surface area contributed by atoms with Crippen LogP contribution in [-0.2, 0) is 9.59 Å². The Morgan fingerprint density at radius 2 is 2.14 bits per heavy atom. The molecule has 0 saturated carbocycles. The van der Waals surface area contributed by atoms with Gasteiger partial charge >= 0.3 is 5.97 Å². The fraction of sp³-hybridized carbons (Fsp3) is 0.467. The van der Waals surface area contributed by atoms with Gasteiger partial charge in [0.25, 0.3) is 5.91 Å². The summed E-state index contributed by atoms with van der Waals surface area (Å²) in [7, 11) is 0. The highest BCUT2D eigenvalue weighted by Crippen LogP contribution is 2.30. The minimum absolute atomic E-state index is 0.0321. The van der Waals surface area contributed by atoms with E-state index < -0.39 is 18.1 Å². The fourth-order valence-electron chi connectivity index (χ4n) is 3.01. The van der Waals surface area contributed by atoms with Gasteiger partial charge < -0.3 is 20.1 Å². The number of para-hydroxylation sites is 2. The minimum atomic E-state index is -0.947. The van der Waals surface area contributed by atoms with Crippen molar-refractivity contribution in [3.05, 3.63) is 24.3 Å². The van der Waals surface area contributed by atoms with Crippen molar-refractivity contribution in [2.24, 2.45) is 5.92 Å². The molecule has 3 rings (SSSR count). The molecule has 2 heterocycles. The molecule has 0 aromatic heterocycles. The Morgan fingerprint density at radius 3 is 2.90 bits per heavy atom. The number of nitrogens with zero attached hydrogens (tertiary/aromatic N) is 1. The normalized spacial score (nSPS) is 27.5. The molecule has 0 radical (unpaired) electrons. The predicted octanol–water partition coefficient (Wildman–Crippen LogP) is 1.18. The van der Waals surface area contributed by atoms with Crippen LogP contribution in [0.25, 0.3) is 0 Å². The quantitative estimate of drug-likeness (QED) is 0.855. The number of amides is 1. The first-order chi connectivity index (χ1) is 10.1. The molecular formula is C15H18N2O4. The number of carboxylic acid groups (broad SMARTS) is 1. The number of likely N-dealkylation sites (tertiary alicyclic amines) is 1. The van der Waals surface area contributed by atoms with E-state index in [9.17, 15) is 14.7 Å². The molecule has 0 spiro atoms. The molecule has 1 fully saturated rings. The number of carbonyl (C=O) groups excluding carboxylic acids is 1. The standard InChI is InChI=1S/C15H18N2O4/c1-9-6-7-17(13(9)15(19)20)14(18)12-8-16-10-4-2-3-5-11(10)21-12/h2-5,9,12-13,16H,6-8H2,1H3,(H,19,20). The number of carboxylic acids is 1. The van der Waals surface area contributed by atoms with E-state index in [4.69, 9.17) is 4.74 Å². The summed E-state index contributed by atoms with van der Waals surface area (Å²) in [5.74, 6) is -0.609. The van der Waals surface area contributed by atoms with Gasteiger partial charge in [-0.15, -0.1) is 0 Å². The molecule has 2 aliphatic heterocycles. The summed E-state index contributed by atoms with van der Waals surface area (Å²) in [6, 6.07) is 6.65. The van der Waals surface area contributed by atoms with Crippen molar-refractivity contribution >= 4 is 17.6 Å². The summed E-state index contributed by atoms with van der Waals surface area (Å²) in [5.41, 5.74) is 0.853. The number of ether oxygens (including phenoxy) is 1. The minimum Gasteiger partial charge on any atom is -0.480 e. The Morgan fingerprint density at radius 1 is 1.38 bits per heavy atom. The fourth-order valence-corrected chi connectivity index (χ4v) is 3.01.